The maximum Gasteiger partial charge on any atom is 0.308 e. The Hall–Kier alpha value is -1.66. The van der Waals surface area contributed by atoms with Gasteiger partial charge in [-0.2, -0.15) is 0 Å². The van der Waals surface area contributed by atoms with Crippen molar-refractivity contribution in [1.29, 1.82) is 0 Å². The molecule has 3 rings (SSSR count). The van der Waals surface area contributed by atoms with E-state index in [-0.39, 0.29) is 54.9 Å². The van der Waals surface area contributed by atoms with E-state index in [9.17, 15) is 19.8 Å². The third-order valence-electron chi connectivity index (χ3n) is 6.09. The fraction of sp³-hybridized carbons (Fsp3) is 0.714. The van der Waals surface area contributed by atoms with Gasteiger partial charge in [0.25, 0.3) is 0 Å². The van der Waals surface area contributed by atoms with Crippen molar-refractivity contribution in [3.05, 3.63) is 23.8 Å². The fourth-order valence-electron chi connectivity index (χ4n) is 4.85. The van der Waals surface area contributed by atoms with Crippen molar-refractivity contribution < 1.29 is 29.3 Å². The van der Waals surface area contributed by atoms with Crippen molar-refractivity contribution in [3.8, 4) is 0 Å². The minimum absolute atomic E-state index is 0.00578. The van der Waals surface area contributed by atoms with E-state index in [0.717, 1.165) is 12.0 Å². The van der Waals surface area contributed by atoms with Crippen LogP contribution in [0.4, 0.5) is 0 Å². The summed E-state index contributed by atoms with van der Waals surface area (Å²) in [6, 6.07) is 0. The predicted octanol–water partition coefficient (Wildman–Crippen LogP) is 2.14. The second kappa shape index (κ2) is 8.57. The molecule has 0 aromatic heterocycles. The smallest absolute Gasteiger partial charge is 0.308 e. The lowest BCUT2D eigenvalue weighted by Gasteiger charge is -2.43. The SMILES string of the molecule is CC(=O)O[C@@H]1C[C@@H](CO)C=C2C=C[C@H](C)[C@H](CC[C@H]3C[C@@H](O)CC(=O)O3)[C@H]21. The lowest BCUT2D eigenvalue weighted by Crippen LogP contribution is -2.42. The average molecular weight is 378 g/mol. The topological polar surface area (TPSA) is 93.1 Å². The van der Waals surface area contributed by atoms with E-state index >= 15 is 0 Å². The summed E-state index contributed by atoms with van der Waals surface area (Å²) in [5, 5.41) is 19.4. The van der Waals surface area contributed by atoms with Crippen LogP contribution in [0, 0.1) is 23.7 Å². The van der Waals surface area contributed by atoms with Gasteiger partial charge in [-0.15, -0.1) is 0 Å². The molecule has 0 bridgehead atoms. The summed E-state index contributed by atoms with van der Waals surface area (Å²) in [6.45, 7) is 3.62. The lowest BCUT2D eigenvalue weighted by atomic mass is 9.65. The van der Waals surface area contributed by atoms with Crippen LogP contribution in [0.25, 0.3) is 0 Å². The maximum absolute atomic E-state index is 11.6. The Kier molecular flexibility index (Phi) is 6.37. The third-order valence-corrected chi connectivity index (χ3v) is 6.09. The van der Waals surface area contributed by atoms with E-state index in [1.54, 1.807) is 0 Å². The van der Waals surface area contributed by atoms with E-state index in [0.29, 0.717) is 25.2 Å². The summed E-state index contributed by atoms with van der Waals surface area (Å²) < 4.78 is 11.0. The first-order valence-electron chi connectivity index (χ1n) is 9.93. The molecule has 2 aliphatic carbocycles. The Bertz CT molecular complexity index is 624. The largest absolute Gasteiger partial charge is 0.462 e. The van der Waals surface area contributed by atoms with E-state index < -0.39 is 6.10 Å². The van der Waals surface area contributed by atoms with Crippen molar-refractivity contribution in [2.45, 2.75) is 64.3 Å². The summed E-state index contributed by atoms with van der Waals surface area (Å²) in [4.78, 5) is 23.2. The molecule has 2 N–H and O–H groups in total. The van der Waals surface area contributed by atoms with Crippen LogP contribution in [-0.4, -0.2) is 47.1 Å². The molecule has 0 spiro atoms. The van der Waals surface area contributed by atoms with Gasteiger partial charge < -0.3 is 19.7 Å². The molecule has 6 heteroatoms. The van der Waals surface area contributed by atoms with Crippen LogP contribution in [0.2, 0.25) is 0 Å². The molecule has 1 fully saturated rings. The van der Waals surface area contributed by atoms with Crippen molar-refractivity contribution in [1.82, 2.24) is 0 Å². The molecule has 1 saturated heterocycles. The van der Waals surface area contributed by atoms with Gasteiger partial charge in [0.15, 0.2) is 0 Å². The molecular formula is C21H30O6. The average Bonchev–Trinajstić information content (AvgIpc) is 2.59. The second-order valence-corrected chi connectivity index (χ2v) is 8.18. The van der Waals surface area contributed by atoms with Crippen LogP contribution in [0.3, 0.4) is 0 Å². The number of hydrogen-bond acceptors (Lipinski definition) is 6. The number of esters is 2. The number of carbonyl (C=O) groups is 2. The molecule has 6 nitrogen and oxygen atoms in total. The molecule has 0 aromatic rings. The van der Waals surface area contributed by atoms with Gasteiger partial charge in [0, 0.05) is 31.8 Å². The standard InChI is InChI=1S/C21H30O6/c1-12-3-4-15-7-14(11-22)8-19(26-13(2)23)21(15)18(12)6-5-17-9-16(24)10-20(25)27-17/h3-4,7,12,14,16-19,21-22,24H,5-6,8-11H2,1-2H3/t12-,14-,16+,17-,18-,19+,21-/m0/s1. The molecule has 1 heterocycles. The molecule has 27 heavy (non-hydrogen) atoms. The number of cyclic esters (lactones) is 1. The quantitative estimate of drug-likeness (QED) is 0.712. The van der Waals surface area contributed by atoms with Crippen LogP contribution in [0.1, 0.15) is 46.0 Å². The third kappa shape index (κ3) is 4.79. The normalized spacial score (nSPS) is 38.6. The van der Waals surface area contributed by atoms with Crippen molar-refractivity contribution >= 4 is 11.9 Å². The molecule has 1 aliphatic heterocycles. The van der Waals surface area contributed by atoms with Crippen LogP contribution in [0.15, 0.2) is 23.8 Å². The Morgan fingerprint density at radius 3 is 2.78 bits per heavy atom. The van der Waals surface area contributed by atoms with E-state index in [4.69, 9.17) is 9.47 Å². The number of hydrogen-bond donors (Lipinski definition) is 2. The van der Waals surface area contributed by atoms with E-state index in [2.05, 4.69) is 25.2 Å². The number of rotatable bonds is 5. The molecule has 0 amide bonds. The van der Waals surface area contributed by atoms with Gasteiger partial charge in [0.1, 0.15) is 12.2 Å². The zero-order valence-corrected chi connectivity index (χ0v) is 16.0. The number of carbonyl (C=O) groups excluding carboxylic acids is 2. The zero-order chi connectivity index (χ0) is 19.6. The first kappa shape index (κ1) is 20.1. The minimum atomic E-state index is -0.621. The van der Waals surface area contributed by atoms with Crippen molar-refractivity contribution in [2.75, 3.05) is 6.61 Å². The highest BCUT2D eigenvalue weighted by Crippen LogP contribution is 2.45. The second-order valence-electron chi connectivity index (χ2n) is 8.18. The molecule has 0 unspecified atom stereocenters. The summed E-state index contributed by atoms with van der Waals surface area (Å²) >= 11 is 0. The Balaban J connectivity index is 1.75. The monoisotopic (exact) mass is 378 g/mol. The van der Waals surface area contributed by atoms with Gasteiger partial charge in [0.2, 0.25) is 0 Å². The van der Waals surface area contributed by atoms with E-state index in [1.807, 2.05) is 0 Å². The number of allylic oxidation sites excluding steroid dienone is 2. The molecular weight excluding hydrogens is 348 g/mol. The maximum atomic E-state index is 11.6. The summed E-state index contributed by atoms with van der Waals surface area (Å²) in [5.74, 6) is -0.00169. The number of fused-ring (bicyclic) bond motifs is 1. The first-order chi connectivity index (χ1) is 12.9. The van der Waals surface area contributed by atoms with Crippen molar-refractivity contribution in [3.63, 3.8) is 0 Å². The predicted molar refractivity (Wildman–Crippen MR) is 98.5 cm³/mol. The highest BCUT2D eigenvalue weighted by molar-refractivity contribution is 5.71. The van der Waals surface area contributed by atoms with Gasteiger partial charge in [0.05, 0.1) is 12.5 Å². The minimum Gasteiger partial charge on any atom is -0.462 e. The molecule has 0 radical (unpaired) electrons. The number of aliphatic hydroxyl groups is 2. The van der Waals surface area contributed by atoms with Crippen LogP contribution < -0.4 is 0 Å². The fourth-order valence-corrected chi connectivity index (χ4v) is 4.85. The Labute approximate surface area is 160 Å². The van der Waals surface area contributed by atoms with Gasteiger partial charge >= 0.3 is 11.9 Å². The molecule has 0 aromatic carbocycles. The van der Waals surface area contributed by atoms with E-state index in [1.165, 1.54) is 6.92 Å². The Morgan fingerprint density at radius 1 is 1.33 bits per heavy atom. The number of aliphatic hydroxyl groups excluding tert-OH is 2. The first-order valence-corrected chi connectivity index (χ1v) is 9.93. The molecule has 150 valence electrons. The van der Waals surface area contributed by atoms with Crippen LogP contribution >= 0.6 is 0 Å². The number of ether oxygens (including phenoxy) is 2. The lowest BCUT2D eigenvalue weighted by molar-refractivity contribution is -0.161. The molecule has 0 saturated carbocycles. The summed E-state index contributed by atoms with van der Waals surface area (Å²) in [7, 11) is 0. The highest BCUT2D eigenvalue weighted by Gasteiger charge is 2.42. The molecule has 7 atom stereocenters. The van der Waals surface area contributed by atoms with Gasteiger partial charge in [-0.05, 0) is 36.7 Å². The summed E-state index contributed by atoms with van der Waals surface area (Å²) in [5.41, 5.74) is 1.12. The van der Waals surface area contributed by atoms with Gasteiger partial charge in [-0.1, -0.05) is 25.2 Å². The van der Waals surface area contributed by atoms with Gasteiger partial charge in [-0.3, -0.25) is 9.59 Å². The van der Waals surface area contributed by atoms with Crippen LogP contribution in [-0.2, 0) is 19.1 Å². The van der Waals surface area contributed by atoms with Crippen molar-refractivity contribution in [2.24, 2.45) is 23.7 Å². The molecule has 3 aliphatic rings. The zero-order valence-electron chi connectivity index (χ0n) is 16.0. The van der Waals surface area contributed by atoms with Gasteiger partial charge in [-0.25, -0.2) is 0 Å². The highest BCUT2D eigenvalue weighted by atomic mass is 16.5. The van der Waals surface area contributed by atoms with Crippen LogP contribution in [0.5, 0.6) is 0 Å². The summed E-state index contributed by atoms with van der Waals surface area (Å²) in [6.07, 6.45) is 7.91. The Morgan fingerprint density at radius 2 is 2.11 bits per heavy atom.